The predicted molar refractivity (Wildman–Crippen MR) is 354 cm³/mol. The first-order valence-corrected chi connectivity index (χ1v) is 39.1. The van der Waals surface area contributed by atoms with Gasteiger partial charge in [0.2, 0.25) is 0 Å². The number of hydrogen-bond acceptors (Lipinski definition) is 15. The minimum atomic E-state index is -4.95. The molecule has 0 aromatic carbocycles. The third-order valence-electron chi connectivity index (χ3n) is 16.0. The number of phosphoric ester groups is 2. The second kappa shape index (κ2) is 62.5. The third-order valence-corrected chi connectivity index (χ3v) is 17.9. The van der Waals surface area contributed by atoms with Crippen molar-refractivity contribution in [2.24, 2.45) is 5.92 Å². The van der Waals surface area contributed by atoms with Crippen LogP contribution in [-0.4, -0.2) is 96.7 Å². The summed E-state index contributed by atoms with van der Waals surface area (Å²) in [6.45, 7) is 7.22. The van der Waals surface area contributed by atoms with E-state index in [1.54, 1.807) is 0 Å². The second-order valence-corrected chi connectivity index (χ2v) is 28.3. The van der Waals surface area contributed by atoms with E-state index in [0.29, 0.717) is 25.7 Å². The van der Waals surface area contributed by atoms with Crippen molar-refractivity contribution in [3.63, 3.8) is 0 Å². The normalized spacial score (nSPS) is 14.1. The van der Waals surface area contributed by atoms with Crippen LogP contribution in [0.1, 0.15) is 356 Å². The number of carbonyl (C=O) groups excluding carboxylic acids is 4. The molecule has 0 fully saturated rings. The molecule has 0 heterocycles. The van der Waals surface area contributed by atoms with E-state index in [9.17, 15) is 43.2 Å². The summed E-state index contributed by atoms with van der Waals surface area (Å²) in [5, 5.41) is 10.6. The molecule has 17 nitrogen and oxygen atoms in total. The maximum Gasteiger partial charge on any atom is 0.472 e. The lowest BCUT2D eigenvalue weighted by molar-refractivity contribution is -0.161. The maximum absolute atomic E-state index is 13.0. The summed E-state index contributed by atoms with van der Waals surface area (Å²) in [5.41, 5.74) is 0. The van der Waals surface area contributed by atoms with Crippen LogP contribution in [0, 0.1) is 5.92 Å². The molecule has 0 spiro atoms. The molecule has 0 amide bonds. The van der Waals surface area contributed by atoms with E-state index in [-0.39, 0.29) is 25.7 Å². The zero-order valence-corrected chi connectivity index (χ0v) is 58.6. The zero-order valence-electron chi connectivity index (χ0n) is 56.9. The van der Waals surface area contributed by atoms with Gasteiger partial charge in [0.25, 0.3) is 0 Å². The molecule has 0 saturated heterocycles. The third kappa shape index (κ3) is 62.8. The van der Waals surface area contributed by atoms with Gasteiger partial charge in [-0.2, -0.15) is 0 Å². The highest BCUT2D eigenvalue weighted by Crippen LogP contribution is 2.45. The zero-order chi connectivity index (χ0) is 64.9. The number of aliphatic hydroxyl groups is 1. The summed E-state index contributed by atoms with van der Waals surface area (Å²) in [6.07, 6.45) is 48.6. The van der Waals surface area contributed by atoms with Crippen molar-refractivity contribution in [1.82, 2.24) is 0 Å². The van der Waals surface area contributed by atoms with Gasteiger partial charge < -0.3 is 33.8 Å². The van der Waals surface area contributed by atoms with E-state index in [1.807, 2.05) is 0 Å². The highest BCUT2D eigenvalue weighted by molar-refractivity contribution is 7.47. The smallest absolute Gasteiger partial charge is 0.462 e. The lowest BCUT2D eigenvalue weighted by Gasteiger charge is -2.21. The van der Waals surface area contributed by atoms with Gasteiger partial charge in [0, 0.05) is 25.7 Å². The SMILES string of the molecule is CCCCCCCCCCCCCCC(=O)OC[C@H](COP(=O)(O)OC[C@@H](O)COP(=O)(O)OC[C@@H](COC(=O)CCCCCCCCC)OC(=O)CCCCCCCCCCCCC)OC(=O)CCCCCCCCCCCCCCCCCC(C)C. The summed E-state index contributed by atoms with van der Waals surface area (Å²) in [6, 6.07) is 0. The van der Waals surface area contributed by atoms with Gasteiger partial charge in [-0.15, -0.1) is 0 Å². The standard InChI is InChI=1S/C69H134O17P2/c1-6-9-12-15-18-20-22-30-33-38-43-48-53-67(72)80-59-65(86-69(74)55-50-45-40-35-31-27-25-23-24-26-29-32-37-41-46-51-62(4)5)61-84-88(77,78)82-57-63(70)56-81-87(75,76)83-60-64(58-79-66(71)52-47-42-36-17-14-11-8-3)85-68(73)54-49-44-39-34-28-21-19-16-13-10-7-2/h62-65,70H,6-61H2,1-5H3,(H,75,76)(H,77,78)/t63-,64+,65+/m0/s1. The van der Waals surface area contributed by atoms with E-state index in [1.165, 1.54) is 167 Å². The minimum Gasteiger partial charge on any atom is -0.462 e. The van der Waals surface area contributed by atoms with Crippen LogP contribution < -0.4 is 0 Å². The number of phosphoric acid groups is 2. The highest BCUT2D eigenvalue weighted by Gasteiger charge is 2.30. The molecule has 3 N–H and O–H groups in total. The van der Waals surface area contributed by atoms with Crippen molar-refractivity contribution in [3.8, 4) is 0 Å². The van der Waals surface area contributed by atoms with Crippen molar-refractivity contribution in [2.75, 3.05) is 39.6 Å². The van der Waals surface area contributed by atoms with E-state index >= 15 is 0 Å². The first-order valence-electron chi connectivity index (χ1n) is 36.1. The Morgan fingerprint density at radius 3 is 0.773 bits per heavy atom. The lowest BCUT2D eigenvalue weighted by Crippen LogP contribution is -2.30. The number of unbranched alkanes of at least 4 members (excludes halogenated alkanes) is 41. The van der Waals surface area contributed by atoms with Gasteiger partial charge in [0.1, 0.15) is 19.3 Å². The fourth-order valence-electron chi connectivity index (χ4n) is 10.5. The van der Waals surface area contributed by atoms with Gasteiger partial charge in [-0.05, 0) is 31.6 Å². The average Bonchev–Trinajstić information content (AvgIpc) is 3.70. The molecular weight excluding hydrogens is 1160 g/mol. The molecule has 0 saturated carbocycles. The van der Waals surface area contributed by atoms with Crippen molar-refractivity contribution in [3.05, 3.63) is 0 Å². The van der Waals surface area contributed by atoms with Gasteiger partial charge in [-0.1, -0.05) is 304 Å². The average molecular weight is 1300 g/mol. The van der Waals surface area contributed by atoms with Crippen LogP contribution in [0.25, 0.3) is 0 Å². The Bertz CT molecular complexity index is 1700. The van der Waals surface area contributed by atoms with Crippen molar-refractivity contribution in [2.45, 2.75) is 374 Å². The minimum absolute atomic E-state index is 0.107. The number of rotatable bonds is 69. The molecule has 522 valence electrons. The molecule has 0 aromatic rings. The molecular formula is C69H134O17P2. The fourth-order valence-corrected chi connectivity index (χ4v) is 12.0. The molecule has 0 aliphatic heterocycles. The summed E-state index contributed by atoms with van der Waals surface area (Å²) < 4.78 is 68.1. The van der Waals surface area contributed by atoms with E-state index < -0.39 is 97.5 Å². The number of aliphatic hydroxyl groups excluding tert-OH is 1. The highest BCUT2D eigenvalue weighted by atomic mass is 31.2. The molecule has 0 radical (unpaired) electrons. The largest absolute Gasteiger partial charge is 0.472 e. The Balaban J connectivity index is 5.18. The summed E-state index contributed by atoms with van der Waals surface area (Å²) >= 11 is 0. The van der Waals surface area contributed by atoms with Gasteiger partial charge in [-0.25, -0.2) is 9.13 Å². The molecule has 2 unspecified atom stereocenters. The molecule has 0 bridgehead atoms. The molecule has 19 heteroatoms. The molecule has 88 heavy (non-hydrogen) atoms. The monoisotopic (exact) mass is 1300 g/mol. The van der Waals surface area contributed by atoms with Crippen molar-refractivity contribution in [1.29, 1.82) is 0 Å². The predicted octanol–water partition coefficient (Wildman–Crippen LogP) is 19.7. The van der Waals surface area contributed by atoms with Crippen LogP contribution in [0.4, 0.5) is 0 Å². The number of ether oxygens (including phenoxy) is 4. The van der Waals surface area contributed by atoms with Gasteiger partial charge in [0.15, 0.2) is 12.2 Å². The first-order chi connectivity index (χ1) is 42.5. The van der Waals surface area contributed by atoms with Gasteiger partial charge >= 0.3 is 39.5 Å². The van der Waals surface area contributed by atoms with Crippen LogP contribution in [0.5, 0.6) is 0 Å². The summed E-state index contributed by atoms with van der Waals surface area (Å²) in [7, 11) is -9.89. The molecule has 0 aromatic heterocycles. The number of esters is 4. The van der Waals surface area contributed by atoms with E-state index in [4.69, 9.17) is 37.0 Å². The van der Waals surface area contributed by atoms with Crippen LogP contribution in [0.2, 0.25) is 0 Å². The Morgan fingerprint density at radius 1 is 0.307 bits per heavy atom. The molecule has 0 aliphatic carbocycles. The van der Waals surface area contributed by atoms with Crippen LogP contribution in [0.15, 0.2) is 0 Å². The van der Waals surface area contributed by atoms with Crippen molar-refractivity contribution >= 4 is 39.5 Å². The van der Waals surface area contributed by atoms with Crippen LogP contribution >= 0.6 is 15.6 Å². The molecule has 5 atom stereocenters. The van der Waals surface area contributed by atoms with Crippen LogP contribution in [0.3, 0.4) is 0 Å². The summed E-state index contributed by atoms with van der Waals surface area (Å²) in [4.78, 5) is 72.3. The fraction of sp³-hybridized carbons (Fsp3) is 0.942. The van der Waals surface area contributed by atoms with Crippen molar-refractivity contribution < 1.29 is 80.2 Å². The second-order valence-electron chi connectivity index (χ2n) is 25.4. The van der Waals surface area contributed by atoms with E-state index in [2.05, 4.69) is 34.6 Å². The molecule has 0 aliphatic rings. The molecule has 0 rings (SSSR count). The Hall–Kier alpha value is -1.94. The summed E-state index contributed by atoms with van der Waals surface area (Å²) in [5.74, 6) is -1.32. The number of carbonyl (C=O) groups is 4. The Morgan fingerprint density at radius 2 is 0.523 bits per heavy atom. The van der Waals surface area contributed by atoms with Crippen LogP contribution in [-0.2, 0) is 65.4 Å². The van der Waals surface area contributed by atoms with Gasteiger partial charge in [-0.3, -0.25) is 37.3 Å². The Labute approximate surface area is 537 Å². The topological polar surface area (TPSA) is 237 Å². The lowest BCUT2D eigenvalue weighted by atomic mass is 10.0. The number of hydrogen-bond donors (Lipinski definition) is 3. The maximum atomic E-state index is 13.0. The first kappa shape index (κ1) is 86.1. The quantitative estimate of drug-likeness (QED) is 0.0222. The van der Waals surface area contributed by atoms with Gasteiger partial charge in [0.05, 0.1) is 26.4 Å². The van der Waals surface area contributed by atoms with E-state index in [0.717, 1.165) is 109 Å². The Kier molecular flexibility index (Phi) is 61.1.